The zero-order chi connectivity index (χ0) is 15.5. The molecule has 0 fully saturated rings. The van der Waals surface area contributed by atoms with Gasteiger partial charge in [0.25, 0.3) is 0 Å². The predicted octanol–water partition coefficient (Wildman–Crippen LogP) is 2.74. The molecule has 21 heavy (non-hydrogen) atoms. The van der Waals surface area contributed by atoms with Crippen LogP contribution in [0.4, 0.5) is 0 Å². The fourth-order valence-corrected chi connectivity index (χ4v) is 3.80. The second-order valence-corrected chi connectivity index (χ2v) is 7.43. The van der Waals surface area contributed by atoms with Crippen LogP contribution in [-0.4, -0.2) is 15.0 Å². The molecule has 0 bridgehead atoms. The minimum atomic E-state index is -3.58. The molecular formula is C15H17BrN2O2S. The Kier molecular flexibility index (Phi) is 5.16. The van der Waals surface area contributed by atoms with Gasteiger partial charge in [-0.1, -0.05) is 52.3 Å². The molecule has 112 valence electrons. The van der Waals surface area contributed by atoms with Crippen molar-refractivity contribution in [1.82, 2.24) is 4.72 Å². The van der Waals surface area contributed by atoms with Gasteiger partial charge in [0.05, 0.1) is 4.90 Å². The van der Waals surface area contributed by atoms with E-state index in [2.05, 4.69) is 20.7 Å². The Bertz CT molecular complexity index is 718. The smallest absolute Gasteiger partial charge is 0.240 e. The first kappa shape index (κ1) is 16.2. The van der Waals surface area contributed by atoms with E-state index in [1.807, 2.05) is 36.4 Å². The van der Waals surface area contributed by atoms with Crippen LogP contribution in [0.2, 0.25) is 0 Å². The molecule has 0 heterocycles. The van der Waals surface area contributed by atoms with Crippen LogP contribution in [0.5, 0.6) is 0 Å². The van der Waals surface area contributed by atoms with Gasteiger partial charge in [0.15, 0.2) is 0 Å². The van der Waals surface area contributed by atoms with Crippen molar-refractivity contribution in [2.45, 2.75) is 17.9 Å². The summed E-state index contributed by atoms with van der Waals surface area (Å²) in [5, 5.41) is 0. The van der Waals surface area contributed by atoms with Gasteiger partial charge in [0.2, 0.25) is 10.0 Å². The fourth-order valence-electron chi connectivity index (χ4n) is 1.96. The Labute approximate surface area is 133 Å². The highest BCUT2D eigenvalue weighted by Crippen LogP contribution is 2.20. The number of hydrogen-bond acceptors (Lipinski definition) is 3. The van der Waals surface area contributed by atoms with Crippen molar-refractivity contribution in [3.05, 3.63) is 64.1 Å². The molecule has 0 aliphatic rings. The van der Waals surface area contributed by atoms with E-state index >= 15 is 0 Å². The fraction of sp³-hybridized carbons (Fsp3) is 0.200. The minimum absolute atomic E-state index is 0.151. The molecule has 4 nitrogen and oxygen atoms in total. The van der Waals surface area contributed by atoms with Crippen molar-refractivity contribution in [3.63, 3.8) is 0 Å². The van der Waals surface area contributed by atoms with Gasteiger partial charge in [-0.25, -0.2) is 13.1 Å². The first-order chi connectivity index (χ1) is 9.90. The average Bonchev–Trinajstić information content (AvgIpc) is 2.48. The summed E-state index contributed by atoms with van der Waals surface area (Å²) in [7, 11) is -3.58. The van der Waals surface area contributed by atoms with Crippen molar-refractivity contribution in [3.8, 4) is 0 Å². The van der Waals surface area contributed by atoms with Gasteiger partial charge in [0.1, 0.15) is 0 Å². The lowest BCUT2D eigenvalue weighted by molar-refractivity contribution is 0.571. The molecule has 2 rings (SSSR count). The van der Waals surface area contributed by atoms with Crippen LogP contribution in [0.25, 0.3) is 0 Å². The lowest BCUT2D eigenvalue weighted by atomic mass is 10.1. The van der Waals surface area contributed by atoms with Gasteiger partial charge in [-0.05, 0) is 30.2 Å². The minimum Gasteiger partial charge on any atom is -0.323 e. The van der Waals surface area contributed by atoms with Crippen LogP contribution >= 0.6 is 15.9 Å². The maximum absolute atomic E-state index is 12.4. The van der Waals surface area contributed by atoms with Crippen molar-refractivity contribution in [2.75, 3.05) is 6.54 Å². The van der Waals surface area contributed by atoms with Gasteiger partial charge in [-0.15, -0.1) is 0 Å². The molecule has 0 radical (unpaired) electrons. The van der Waals surface area contributed by atoms with Crippen LogP contribution in [0.3, 0.4) is 0 Å². The van der Waals surface area contributed by atoms with Crippen molar-refractivity contribution < 1.29 is 8.42 Å². The molecular weight excluding hydrogens is 352 g/mol. The summed E-state index contributed by atoms with van der Waals surface area (Å²) < 4.78 is 28.0. The number of rotatable bonds is 5. The number of benzene rings is 2. The van der Waals surface area contributed by atoms with E-state index in [1.165, 1.54) is 0 Å². The van der Waals surface area contributed by atoms with E-state index < -0.39 is 10.0 Å². The quantitative estimate of drug-likeness (QED) is 0.851. The number of halogens is 1. The lowest BCUT2D eigenvalue weighted by Crippen LogP contribution is -2.32. The zero-order valence-corrected chi connectivity index (χ0v) is 14.0. The highest BCUT2D eigenvalue weighted by molar-refractivity contribution is 9.10. The molecule has 0 aliphatic heterocycles. The molecule has 1 atom stereocenters. The van der Waals surface area contributed by atoms with Gasteiger partial charge in [-0.2, -0.15) is 0 Å². The summed E-state index contributed by atoms with van der Waals surface area (Å²) in [4.78, 5) is 0.261. The third-order valence-corrected chi connectivity index (χ3v) is 5.22. The van der Waals surface area contributed by atoms with Gasteiger partial charge >= 0.3 is 0 Å². The molecule has 0 aromatic heterocycles. The second-order valence-electron chi connectivity index (χ2n) is 4.78. The Morgan fingerprint density at radius 1 is 1.19 bits per heavy atom. The van der Waals surface area contributed by atoms with E-state index in [0.717, 1.165) is 10.0 Å². The van der Waals surface area contributed by atoms with E-state index in [4.69, 9.17) is 5.73 Å². The van der Waals surface area contributed by atoms with E-state index in [-0.39, 0.29) is 17.5 Å². The standard InChI is InChI=1S/C15H17BrN2O2S/c1-11-7-8-13(16)9-15(11)21(19,20)18-10-14(17)12-5-3-2-4-6-12/h2-9,14,18H,10,17H2,1H3. The molecule has 0 amide bonds. The SMILES string of the molecule is Cc1ccc(Br)cc1S(=O)(=O)NCC(N)c1ccccc1. The average molecular weight is 369 g/mol. The largest absolute Gasteiger partial charge is 0.323 e. The lowest BCUT2D eigenvalue weighted by Gasteiger charge is -2.14. The summed E-state index contributed by atoms with van der Waals surface area (Å²) in [5.74, 6) is 0. The summed E-state index contributed by atoms with van der Waals surface area (Å²) in [5.41, 5.74) is 7.60. The molecule has 2 aromatic carbocycles. The van der Waals surface area contributed by atoms with Crippen molar-refractivity contribution in [2.24, 2.45) is 5.73 Å². The monoisotopic (exact) mass is 368 g/mol. The van der Waals surface area contributed by atoms with Gasteiger partial charge in [0, 0.05) is 17.1 Å². The Morgan fingerprint density at radius 3 is 2.52 bits per heavy atom. The first-order valence-electron chi connectivity index (χ1n) is 6.46. The van der Waals surface area contributed by atoms with E-state index in [1.54, 1.807) is 19.1 Å². The van der Waals surface area contributed by atoms with E-state index in [0.29, 0.717) is 5.56 Å². The first-order valence-corrected chi connectivity index (χ1v) is 8.74. The van der Waals surface area contributed by atoms with Crippen LogP contribution in [0, 0.1) is 6.92 Å². The number of aryl methyl sites for hydroxylation is 1. The van der Waals surface area contributed by atoms with Crippen molar-refractivity contribution in [1.29, 1.82) is 0 Å². The number of hydrogen-bond donors (Lipinski definition) is 2. The summed E-state index contributed by atoms with van der Waals surface area (Å²) >= 11 is 3.29. The third kappa shape index (κ3) is 4.14. The molecule has 0 saturated heterocycles. The topological polar surface area (TPSA) is 72.2 Å². The predicted molar refractivity (Wildman–Crippen MR) is 87.4 cm³/mol. The molecule has 0 saturated carbocycles. The number of nitrogens with two attached hydrogens (primary N) is 1. The maximum atomic E-state index is 12.4. The summed E-state index contributed by atoms with van der Waals surface area (Å²) in [6.45, 7) is 1.91. The van der Waals surface area contributed by atoms with Crippen molar-refractivity contribution >= 4 is 26.0 Å². The zero-order valence-electron chi connectivity index (χ0n) is 11.6. The molecule has 0 aliphatic carbocycles. The molecule has 2 aromatic rings. The number of nitrogens with one attached hydrogen (secondary N) is 1. The summed E-state index contributed by atoms with van der Waals surface area (Å²) in [6.07, 6.45) is 0. The molecule has 0 spiro atoms. The number of sulfonamides is 1. The Hall–Kier alpha value is -1.21. The van der Waals surface area contributed by atoms with Gasteiger partial charge in [-0.3, -0.25) is 0 Å². The molecule has 1 unspecified atom stereocenters. The highest BCUT2D eigenvalue weighted by atomic mass is 79.9. The maximum Gasteiger partial charge on any atom is 0.240 e. The third-order valence-electron chi connectivity index (χ3n) is 3.16. The van der Waals surface area contributed by atoms with E-state index in [9.17, 15) is 8.42 Å². The van der Waals surface area contributed by atoms with Crippen LogP contribution < -0.4 is 10.5 Å². The summed E-state index contributed by atoms with van der Waals surface area (Å²) in [6, 6.07) is 14.2. The van der Waals surface area contributed by atoms with Gasteiger partial charge < -0.3 is 5.73 Å². The normalized spacial score (nSPS) is 13.1. The Morgan fingerprint density at radius 2 is 1.86 bits per heavy atom. The van der Waals surface area contributed by atoms with Crippen LogP contribution in [-0.2, 0) is 10.0 Å². The van der Waals surface area contributed by atoms with Crippen LogP contribution in [0.15, 0.2) is 57.9 Å². The molecule has 3 N–H and O–H groups in total. The molecule has 6 heteroatoms. The Balaban J connectivity index is 2.13. The van der Waals surface area contributed by atoms with Crippen LogP contribution in [0.1, 0.15) is 17.2 Å². The highest BCUT2D eigenvalue weighted by Gasteiger charge is 2.18. The second kappa shape index (κ2) is 6.70.